The van der Waals surface area contributed by atoms with E-state index in [9.17, 15) is 9.59 Å². The number of hydrogen-bond donors (Lipinski definition) is 2. The number of halogens is 2. The summed E-state index contributed by atoms with van der Waals surface area (Å²) in [7, 11) is 0. The lowest BCUT2D eigenvalue weighted by atomic mass is 10.1. The van der Waals surface area contributed by atoms with Gasteiger partial charge in [-0.25, -0.2) is 4.98 Å². The van der Waals surface area contributed by atoms with E-state index >= 15 is 0 Å². The molecule has 1 aromatic heterocycles. The molecule has 3 rings (SSSR count). The summed E-state index contributed by atoms with van der Waals surface area (Å²) < 4.78 is 5.67. The van der Waals surface area contributed by atoms with Crippen molar-refractivity contribution in [2.45, 2.75) is 19.4 Å². The second-order valence-electron chi connectivity index (χ2n) is 6.23. The molecule has 0 unspecified atom stereocenters. The summed E-state index contributed by atoms with van der Waals surface area (Å²) in [5.41, 5.74) is 4.92. The van der Waals surface area contributed by atoms with Crippen molar-refractivity contribution in [3.63, 3.8) is 0 Å². The monoisotopic (exact) mass is 394 g/mol. The molecule has 2 heterocycles. The predicted molar refractivity (Wildman–Crippen MR) is 101 cm³/mol. The van der Waals surface area contributed by atoms with Gasteiger partial charge in [0.05, 0.1) is 10.7 Å². The Morgan fingerprint density at radius 1 is 1.31 bits per heavy atom. The number of fused-ring (bicyclic) bond motifs is 1. The van der Waals surface area contributed by atoms with Gasteiger partial charge in [-0.05, 0) is 44.2 Å². The van der Waals surface area contributed by atoms with E-state index in [-0.39, 0.29) is 18.2 Å². The molecule has 0 atom stereocenters. The van der Waals surface area contributed by atoms with Crippen LogP contribution in [0.15, 0.2) is 30.3 Å². The summed E-state index contributed by atoms with van der Waals surface area (Å²) in [6.07, 6.45) is 0. The lowest BCUT2D eigenvalue weighted by Gasteiger charge is -2.37. The minimum Gasteiger partial charge on any atom is -0.474 e. The normalized spacial score (nSPS) is 15.2. The third kappa shape index (κ3) is 3.54. The van der Waals surface area contributed by atoms with Crippen LogP contribution in [0.1, 0.15) is 13.8 Å². The zero-order valence-electron chi connectivity index (χ0n) is 14.0. The Morgan fingerprint density at radius 3 is 2.77 bits per heavy atom. The van der Waals surface area contributed by atoms with E-state index in [1.807, 2.05) is 0 Å². The summed E-state index contributed by atoms with van der Waals surface area (Å²) >= 11 is 12.0. The van der Waals surface area contributed by atoms with Gasteiger partial charge in [-0.1, -0.05) is 23.2 Å². The molecule has 1 aliphatic rings. The SMILES string of the molecule is CC1(C)Oc2ccc(N)nc2N(CC(=O)Nc2cc(Cl)ccc2Cl)C1=O. The number of pyridine rings is 1. The van der Waals surface area contributed by atoms with Crippen molar-refractivity contribution in [3.05, 3.63) is 40.4 Å². The Balaban J connectivity index is 1.88. The van der Waals surface area contributed by atoms with Crippen LogP contribution in [0.3, 0.4) is 0 Å². The molecule has 26 heavy (non-hydrogen) atoms. The van der Waals surface area contributed by atoms with Gasteiger partial charge < -0.3 is 15.8 Å². The topological polar surface area (TPSA) is 97.6 Å². The molecule has 136 valence electrons. The molecule has 0 spiro atoms. The van der Waals surface area contributed by atoms with Crippen LogP contribution in [0, 0.1) is 0 Å². The highest BCUT2D eigenvalue weighted by Crippen LogP contribution is 2.36. The number of nitrogens with two attached hydrogens (primary N) is 1. The van der Waals surface area contributed by atoms with E-state index in [1.54, 1.807) is 38.1 Å². The number of aromatic nitrogens is 1. The Bertz CT molecular complexity index is 902. The number of anilines is 3. The molecule has 0 saturated heterocycles. The lowest BCUT2D eigenvalue weighted by Crippen LogP contribution is -2.54. The number of nitrogen functional groups attached to an aromatic ring is 1. The third-order valence-corrected chi connectivity index (χ3v) is 4.31. The molecule has 0 fully saturated rings. The number of amides is 2. The zero-order valence-corrected chi connectivity index (χ0v) is 15.6. The van der Waals surface area contributed by atoms with E-state index < -0.39 is 17.4 Å². The number of benzene rings is 1. The van der Waals surface area contributed by atoms with Gasteiger partial charge in [-0.15, -0.1) is 0 Å². The van der Waals surface area contributed by atoms with Crippen molar-refractivity contribution >= 4 is 52.3 Å². The highest BCUT2D eigenvalue weighted by atomic mass is 35.5. The van der Waals surface area contributed by atoms with Crippen LogP contribution in [0.4, 0.5) is 17.3 Å². The van der Waals surface area contributed by atoms with Crippen LogP contribution in [-0.2, 0) is 9.59 Å². The molecule has 0 aliphatic carbocycles. The molecule has 1 aliphatic heterocycles. The minimum absolute atomic E-state index is 0.196. The fraction of sp³-hybridized carbons (Fsp3) is 0.235. The molecule has 7 nitrogen and oxygen atoms in total. The second-order valence-corrected chi connectivity index (χ2v) is 7.08. The summed E-state index contributed by atoms with van der Waals surface area (Å²) in [6, 6.07) is 7.88. The van der Waals surface area contributed by atoms with E-state index in [0.717, 1.165) is 0 Å². The first-order valence-corrected chi connectivity index (χ1v) is 8.45. The maximum Gasteiger partial charge on any atom is 0.272 e. The van der Waals surface area contributed by atoms with E-state index in [1.165, 1.54) is 11.0 Å². The number of carbonyl (C=O) groups is 2. The molecular weight excluding hydrogens is 379 g/mol. The van der Waals surface area contributed by atoms with Gasteiger partial charge in [0.2, 0.25) is 5.91 Å². The van der Waals surface area contributed by atoms with E-state index in [4.69, 9.17) is 33.7 Å². The molecule has 0 radical (unpaired) electrons. The van der Waals surface area contributed by atoms with Gasteiger partial charge >= 0.3 is 0 Å². The number of nitrogens with zero attached hydrogens (tertiary/aromatic N) is 2. The Morgan fingerprint density at radius 2 is 2.04 bits per heavy atom. The van der Waals surface area contributed by atoms with E-state index in [0.29, 0.717) is 21.5 Å². The number of hydrogen-bond acceptors (Lipinski definition) is 5. The molecule has 2 amide bonds. The first-order valence-electron chi connectivity index (χ1n) is 7.70. The first kappa shape index (κ1) is 18.3. The Kier molecular flexibility index (Phi) is 4.68. The summed E-state index contributed by atoms with van der Waals surface area (Å²) in [5.74, 6) is -0.0898. The van der Waals surface area contributed by atoms with Crippen LogP contribution >= 0.6 is 23.2 Å². The Hall–Kier alpha value is -2.51. The average Bonchev–Trinajstić information content (AvgIpc) is 2.56. The van der Waals surface area contributed by atoms with Crippen molar-refractivity contribution in [2.75, 3.05) is 22.5 Å². The van der Waals surface area contributed by atoms with Crippen LogP contribution in [-0.4, -0.2) is 28.9 Å². The van der Waals surface area contributed by atoms with Crippen LogP contribution < -0.4 is 20.7 Å². The van der Waals surface area contributed by atoms with Crippen molar-refractivity contribution in [1.82, 2.24) is 4.98 Å². The number of ether oxygens (including phenoxy) is 1. The van der Waals surface area contributed by atoms with Crippen molar-refractivity contribution in [2.24, 2.45) is 0 Å². The van der Waals surface area contributed by atoms with Crippen molar-refractivity contribution in [1.29, 1.82) is 0 Å². The summed E-state index contributed by atoms with van der Waals surface area (Å²) in [4.78, 5) is 30.6. The fourth-order valence-electron chi connectivity index (χ4n) is 2.54. The minimum atomic E-state index is -1.14. The van der Waals surface area contributed by atoms with Gasteiger partial charge in [0.25, 0.3) is 5.91 Å². The lowest BCUT2D eigenvalue weighted by molar-refractivity contribution is -0.133. The fourth-order valence-corrected chi connectivity index (χ4v) is 2.87. The number of nitrogens with one attached hydrogen (secondary N) is 1. The van der Waals surface area contributed by atoms with Gasteiger partial charge in [0.15, 0.2) is 17.2 Å². The van der Waals surface area contributed by atoms with Crippen molar-refractivity contribution < 1.29 is 14.3 Å². The number of rotatable bonds is 3. The standard InChI is InChI=1S/C17H16Cl2N4O3/c1-17(2)16(25)23(15-12(26-17)5-6-13(20)22-15)8-14(24)21-11-7-9(18)3-4-10(11)19/h3-7H,8H2,1-2H3,(H2,20,22)(H,21,24). The maximum atomic E-state index is 12.7. The predicted octanol–water partition coefficient (Wildman–Crippen LogP) is 3.11. The maximum absolute atomic E-state index is 12.7. The zero-order chi connectivity index (χ0) is 19.1. The quantitative estimate of drug-likeness (QED) is 0.833. The molecule has 2 aromatic rings. The van der Waals surface area contributed by atoms with Gasteiger partial charge in [-0.3, -0.25) is 14.5 Å². The highest BCUT2D eigenvalue weighted by Gasteiger charge is 2.42. The molecule has 9 heteroatoms. The highest BCUT2D eigenvalue weighted by molar-refractivity contribution is 6.35. The first-order chi connectivity index (χ1) is 12.2. The van der Waals surface area contributed by atoms with Crippen LogP contribution in [0.25, 0.3) is 0 Å². The second kappa shape index (κ2) is 6.66. The van der Waals surface area contributed by atoms with Gasteiger partial charge in [-0.2, -0.15) is 0 Å². The van der Waals surface area contributed by atoms with Gasteiger partial charge in [0.1, 0.15) is 12.4 Å². The number of carbonyl (C=O) groups excluding carboxylic acids is 2. The summed E-state index contributed by atoms with van der Waals surface area (Å²) in [5, 5.41) is 3.40. The van der Waals surface area contributed by atoms with Gasteiger partial charge in [0, 0.05) is 5.02 Å². The molecular formula is C17H16Cl2N4O3. The third-order valence-electron chi connectivity index (χ3n) is 3.75. The van der Waals surface area contributed by atoms with Crippen molar-refractivity contribution in [3.8, 4) is 5.75 Å². The molecule has 0 bridgehead atoms. The largest absolute Gasteiger partial charge is 0.474 e. The van der Waals surface area contributed by atoms with E-state index in [2.05, 4.69) is 10.3 Å². The van der Waals surface area contributed by atoms with Crippen LogP contribution in [0.2, 0.25) is 10.0 Å². The summed E-state index contributed by atoms with van der Waals surface area (Å²) in [6.45, 7) is 2.96. The smallest absolute Gasteiger partial charge is 0.272 e. The molecule has 1 aromatic carbocycles. The Labute approximate surface area is 160 Å². The average molecular weight is 395 g/mol. The van der Waals surface area contributed by atoms with Crippen LogP contribution in [0.5, 0.6) is 5.75 Å². The molecule has 3 N–H and O–H groups in total. The molecule has 0 saturated carbocycles.